The molecule has 2 aliphatic heterocycles. The number of hydrogen-bond acceptors (Lipinski definition) is 2. The minimum Gasteiger partial charge on any atom is -0.462 e. The molecule has 0 N–H and O–H groups in total. The molecule has 0 aromatic heterocycles. The van der Waals surface area contributed by atoms with E-state index in [-0.39, 0.29) is 29.7 Å². The summed E-state index contributed by atoms with van der Waals surface area (Å²) in [5.74, 6) is -0.0971. The van der Waals surface area contributed by atoms with Crippen LogP contribution in [0.1, 0.15) is 30.7 Å². The summed E-state index contributed by atoms with van der Waals surface area (Å²) in [6, 6.07) is 6.49. The van der Waals surface area contributed by atoms with Gasteiger partial charge in [-0.15, -0.1) is 0 Å². The number of fused-ring (bicyclic) bond motifs is 3. The summed E-state index contributed by atoms with van der Waals surface area (Å²) in [4.78, 5) is 11.6. The highest BCUT2D eigenvalue weighted by Gasteiger charge is 2.43. The van der Waals surface area contributed by atoms with Gasteiger partial charge in [0.15, 0.2) is 0 Å². The van der Waals surface area contributed by atoms with Crippen molar-refractivity contribution in [2.24, 2.45) is 5.92 Å². The molecule has 16 heavy (non-hydrogen) atoms. The van der Waals surface area contributed by atoms with Gasteiger partial charge < -0.3 is 4.74 Å². The second-order valence-electron chi connectivity index (χ2n) is 4.64. The molecule has 1 aromatic carbocycles. The van der Waals surface area contributed by atoms with Gasteiger partial charge in [0, 0.05) is 5.92 Å². The largest absolute Gasteiger partial charge is 0.462 e. The molecule has 4 rings (SSSR count). The lowest BCUT2D eigenvalue weighted by molar-refractivity contribution is -0.170. The van der Waals surface area contributed by atoms with Crippen molar-refractivity contribution in [2.75, 3.05) is 0 Å². The molecule has 0 spiro atoms. The molecular formula is C13H13FO2. The Balaban J connectivity index is 1.90. The summed E-state index contributed by atoms with van der Waals surface area (Å²) < 4.78 is 18.1. The van der Waals surface area contributed by atoms with Crippen LogP contribution in [0.3, 0.4) is 0 Å². The van der Waals surface area contributed by atoms with Crippen LogP contribution in [0.5, 0.6) is 0 Å². The summed E-state index contributed by atoms with van der Waals surface area (Å²) >= 11 is 0. The lowest BCUT2D eigenvalue weighted by Gasteiger charge is -2.41. The van der Waals surface area contributed by atoms with E-state index >= 15 is 0 Å². The third kappa shape index (κ3) is 1.51. The molecule has 2 nitrogen and oxygen atoms in total. The van der Waals surface area contributed by atoms with E-state index in [1.807, 2.05) is 0 Å². The Hall–Kier alpha value is -1.38. The van der Waals surface area contributed by atoms with Gasteiger partial charge in [0.05, 0.1) is 5.92 Å². The van der Waals surface area contributed by atoms with E-state index in [1.54, 1.807) is 12.1 Å². The minimum atomic E-state index is -0.229. The first-order valence-electron chi connectivity index (χ1n) is 5.70. The van der Waals surface area contributed by atoms with Crippen LogP contribution in [-0.2, 0) is 9.53 Å². The smallest absolute Gasteiger partial charge is 0.309 e. The normalized spacial score (nSPS) is 32.6. The van der Waals surface area contributed by atoms with Gasteiger partial charge in [0.2, 0.25) is 0 Å². The second-order valence-corrected chi connectivity index (χ2v) is 4.64. The van der Waals surface area contributed by atoms with Gasteiger partial charge in [-0.3, -0.25) is 4.79 Å². The highest BCUT2D eigenvalue weighted by atomic mass is 19.1. The van der Waals surface area contributed by atoms with Gasteiger partial charge in [-0.2, -0.15) is 0 Å². The lowest BCUT2D eigenvalue weighted by Crippen LogP contribution is -2.42. The van der Waals surface area contributed by atoms with Crippen LogP contribution in [0.2, 0.25) is 0 Å². The van der Waals surface area contributed by atoms with E-state index in [0.717, 1.165) is 24.8 Å². The topological polar surface area (TPSA) is 26.3 Å². The van der Waals surface area contributed by atoms with Gasteiger partial charge in [0.25, 0.3) is 0 Å². The molecule has 1 aliphatic carbocycles. The molecule has 84 valence electrons. The standard InChI is InChI=1S/C13H13FO2/c14-9-3-1-8(2-4-9)12-7-10-5-6-11(12)13(15)16-10/h1-4,10-12H,5-7H2/t10-,11+,12-/m1/s1. The molecule has 1 saturated carbocycles. The van der Waals surface area contributed by atoms with E-state index in [2.05, 4.69) is 0 Å². The molecule has 0 unspecified atom stereocenters. The minimum absolute atomic E-state index is 0.0181. The average molecular weight is 220 g/mol. The van der Waals surface area contributed by atoms with Crippen molar-refractivity contribution in [3.8, 4) is 0 Å². The molecule has 3 fully saturated rings. The molecule has 2 saturated heterocycles. The molecule has 1 aromatic rings. The summed E-state index contributed by atoms with van der Waals surface area (Å²) in [6.45, 7) is 0. The van der Waals surface area contributed by atoms with Crippen molar-refractivity contribution in [2.45, 2.75) is 31.3 Å². The molecule has 2 heterocycles. The molecule has 3 atom stereocenters. The first-order chi connectivity index (χ1) is 7.74. The van der Waals surface area contributed by atoms with Gasteiger partial charge in [-0.1, -0.05) is 12.1 Å². The number of halogens is 1. The van der Waals surface area contributed by atoms with Crippen molar-refractivity contribution in [3.05, 3.63) is 35.6 Å². The summed E-state index contributed by atoms with van der Waals surface area (Å²) in [5, 5.41) is 0. The van der Waals surface area contributed by atoms with Gasteiger partial charge in [-0.25, -0.2) is 4.39 Å². The molecule has 0 radical (unpaired) electrons. The number of carbonyl (C=O) groups excluding carboxylic acids is 1. The number of rotatable bonds is 1. The number of esters is 1. The van der Waals surface area contributed by atoms with E-state index in [0.29, 0.717) is 0 Å². The van der Waals surface area contributed by atoms with Crippen molar-refractivity contribution in [3.63, 3.8) is 0 Å². The summed E-state index contributed by atoms with van der Waals surface area (Å²) in [7, 11) is 0. The number of hydrogen-bond donors (Lipinski definition) is 0. The van der Waals surface area contributed by atoms with E-state index < -0.39 is 0 Å². The van der Waals surface area contributed by atoms with Gasteiger partial charge >= 0.3 is 5.97 Å². The van der Waals surface area contributed by atoms with E-state index in [1.165, 1.54) is 12.1 Å². The zero-order valence-corrected chi connectivity index (χ0v) is 8.86. The Bertz CT molecular complexity index is 412. The monoisotopic (exact) mass is 220 g/mol. The highest BCUT2D eigenvalue weighted by Crippen LogP contribution is 2.44. The summed E-state index contributed by atoms with van der Waals surface area (Å²) in [5.41, 5.74) is 1.06. The molecule has 0 amide bonds. The zero-order valence-electron chi connectivity index (χ0n) is 8.86. The predicted molar refractivity (Wildman–Crippen MR) is 56.4 cm³/mol. The maximum absolute atomic E-state index is 12.8. The SMILES string of the molecule is O=C1O[C@@H]2CC[C@H]1[C@@H](c1ccc(F)cc1)C2. The van der Waals surface area contributed by atoms with Gasteiger partial charge in [-0.05, 0) is 37.0 Å². The van der Waals surface area contributed by atoms with Crippen LogP contribution in [0.4, 0.5) is 4.39 Å². The summed E-state index contributed by atoms with van der Waals surface area (Å²) in [6.07, 6.45) is 2.86. The Morgan fingerprint density at radius 3 is 2.50 bits per heavy atom. The Kier molecular flexibility index (Phi) is 2.20. The fourth-order valence-corrected chi connectivity index (χ4v) is 2.85. The van der Waals surface area contributed by atoms with Crippen molar-refractivity contribution in [1.82, 2.24) is 0 Å². The van der Waals surface area contributed by atoms with Crippen LogP contribution in [-0.4, -0.2) is 12.1 Å². The van der Waals surface area contributed by atoms with Crippen LogP contribution in [0, 0.1) is 11.7 Å². The molecule has 3 aliphatic rings. The first kappa shape index (κ1) is 9.82. The van der Waals surface area contributed by atoms with Crippen molar-refractivity contribution >= 4 is 5.97 Å². The van der Waals surface area contributed by atoms with E-state index in [9.17, 15) is 9.18 Å². The first-order valence-corrected chi connectivity index (χ1v) is 5.70. The maximum atomic E-state index is 12.8. The number of carbonyl (C=O) groups is 1. The zero-order chi connectivity index (χ0) is 11.1. The fourth-order valence-electron chi connectivity index (χ4n) is 2.85. The second kappa shape index (κ2) is 3.58. The molecular weight excluding hydrogens is 207 g/mol. The quantitative estimate of drug-likeness (QED) is 0.680. The van der Waals surface area contributed by atoms with Crippen molar-refractivity contribution in [1.29, 1.82) is 0 Å². The van der Waals surface area contributed by atoms with E-state index in [4.69, 9.17) is 4.74 Å². The predicted octanol–water partition coefficient (Wildman–Crippen LogP) is 2.63. The van der Waals surface area contributed by atoms with Crippen molar-refractivity contribution < 1.29 is 13.9 Å². The Morgan fingerprint density at radius 1 is 1.12 bits per heavy atom. The van der Waals surface area contributed by atoms with Crippen LogP contribution >= 0.6 is 0 Å². The third-order valence-electron chi connectivity index (χ3n) is 3.69. The van der Waals surface area contributed by atoms with Gasteiger partial charge in [0.1, 0.15) is 11.9 Å². The molecule has 3 heteroatoms. The number of ether oxygens (including phenoxy) is 1. The maximum Gasteiger partial charge on any atom is 0.309 e. The number of benzene rings is 1. The average Bonchev–Trinajstić information content (AvgIpc) is 2.30. The fraction of sp³-hybridized carbons (Fsp3) is 0.462. The molecule has 2 bridgehead atoms. The van der Waals surface area contributed by atoms with Crippen LogP contribution < -0.4 is 0 Å². The van der Waals surface area contributed by atoms with Crippen LogP contribution in [0.15, 0.2) is 24.3 Å². The lowest BCUT2D eigenvalue weighted by atomic mass is 9.72. The highest BCUT2D eigenvalue weighted by molar-refractivity contribution is 5.75. The van der Waals surface area contributed by atoms with Crippen LogP contribution in [0.25, 0.3) is 0 Å². The Morgan fingerprint density at radius 2 is 1.88 bits per heavy atom. The Labute approximate surface area is 93.4 Å². The third-order valence-corrected chi connectivity index (χ3v) is 3.69.